The van der Waals surface area contributed by atoms with E-state index in [0.717, 1.165) is 18.5 Å². The first kappa shape index (κ1) is 23.8. The van der Waals surface area contributed by atoms with E-state index in [1.165, 1.54) is 90.0 Å². The topological polar surface area (TPSA) is 15.0 Å². The Morgan fingerprint density at radius 2 is 1.33 bits per heavy atom. The van der Waals surface area contributed by atoms with Crippen LogP contribution in [-0.4, -0.2) is 30.0 Å². The van der Waals surface area contributed by atoms with Crippen LogP contribution in [0.2, 0.25) is 0 Å². The van der Waals surface area contributed by atoms with Crippen LogP contribution in [0.15, 0.2) is 0 Å². The van der Waals surface area contributed by atoms with Gasteiger partial charge in [0.25, 0.3) is 0 Å². The summed E-state index contributed by atoms with van der Waals surface area (Å²) in [4.78, 5) is 0. The van der Waals surface area contributed by atoms with Gasteiger partial charge in [-0.3, -0.25) is 9.89 Å². The molecule has 144 valence electrons. The molecule has 1 atom stereocenters. The van der Waals surface area contributed by atoms with E-state index in [0.29, 0.717) is 0 Å². The van der Waals surface area contributed by atoms with Crippen LogP contribution in [-0.2, 0) is 0 Å². The first-order chi connectivity index (χ1) is 11.3. The second-order valence-corrected chi connectivity index (χ2v) is 7.81. The maximum atomic E-state index is 3.35. The van der Waals surface area contributed by atoms with Gasteiger partial charge in [0, 0.05) is 0 Å². The standard InChI is InChI=1S/C21H42N2.ClH/c1-4-5-6-7-8-9-10-11-12-13-14-15-16-21(20(2)3)23-18-17-22-19-23;/h19-21H,4-18H2,1-3H3;1H. The minimum absolute atomic E-state index is 0. The molecule has 0 aromatic rings. The molecule has 2 nitrogen and oxygen atoms in total. The van der Waals surface area contributed by atoms with E-state index in [1.54, 1.807) is 0 Å². The van der Waals surface area contributed by atoms with Crippen LogP contribution in [0.25, 0.3) is 0 Å². The lowest BCUT2D eigenvalue weighted by Gasteiger charge is -2.20. The highest BCUT2D eigenvalue weighted by Crippen LogP contribution is 2.17. The Balaban J connectivity index is 0.00000529. The fourth-order valence-electron chi connectivity index (χ4n) is 3.78. The highest BCUT2D eigenvalue weighted by molar-refractivity contribution is 5.49. The lowest BCUT2D eigenvalue weighted by molar-refractivity contribution is -0.562. The van der Waals surface area contributed by atoms with Gasteiger partial charge in [0.15, 0.2) is 0 Å². The summed E-state index contributed by atoms with van der Waals surface area (Å²) in [6.07, 6.45) is 20.9. The summed E-state index contributed by atoms with van der Waals surface area (Å²) in [6.45, 7) is 9.36. The number of nitrogens with zero attached hydrogens (tertiary/aromatic N) is 1. The third kappa shape index (κ3) is 11.3. The van der Waals surface area contributed by atoms with E-state index in [9.17, 15) is 0 Å². The van der Waals surface area contributed by atoms with Crippen molar-refractivity contribution in [1.29, 1.82) is 0 Å². The van der Waals surface area contributed by atoms with Crippen molar-refractivity contribution in [3.05, 3.63) is 0 Å². The third-order valence-corrected chi connectivity index (χ3v) is 5.32. The van der Waals surface area contributed by atoms with Gasteiger partial charge in [0.05, 0.1) is 6.04 Å². The van der Waals surface area contributed by atoms with Crippen molar-refractivity contribution < 1.29 is 17.0 Å². The molecular weight excluding hydrogens is 316 g/mol. The molecule has 0 spiro atoms. The average Bonchev–Trinajstić information content (AvgIpc) is 3.05. The van der Waals surface area contributed by atoms with Crippen LogP contribution in [0, 0.1) is 5.92 Å². The van der Waals surface area contributed by atoms with Gasteiger partial charge in [-0.1, -0.05) is 91.4 Å². The quantitative estimate of drug-likeness (QED) is 0.351. The molecule has 0 fully saturated rings. The summed E-state index contributed by atoms with van der Waals surface area (Å²) >= 11 is 0. The summed E-state index contributed by atoms with van der Waals surface area (Å²) in [7, 11) is 0. The Labute approximate surface area is 158 Å². The summed E-state index contributed by atoms with van der Waals surface area (Å²) in [5, 5.41) is 3.35. The minimum Gasteiger partial charge on any atom is -1.00 e. The molecule has 24 heavy (non-hydrogen) atoms. The van der Waals surface area contributed by atoms with Crippen molar-refractivity contribution in [2.75, 3.05) is 13.1 Å². The molecule has 3 heteroatoms. The maximum absolute atomic E-state index is 3.35. The predicted octanol–water partition coefficient (Wildman–Crippen LogP) is 2.75. The largest absolute Gasteiger partial charge is 1.00 e. The van der Waals surface area contributed by atoms with Crippen LogP contribution in [0.5, 0.6) is 0 Å². The second kappa shape index (κ2) is 16.2. The number of unbranched alkanes of at least 4 members (excludes halogenated alkanes) is 11. The fourth-order valence-corrected chi connectivity index (χ4v) is 3.78. The van der Waals surface area contributed by atoms with Crippen LogP contribution in [0.1, 0.15) is 104 Å². The van der Waals surface area contributed by atoms with Crippen LogP contribution < -0.4 is 17.7 Å². The number of halogens is 1. The predicted molar refractivity (Wildman–Crippen MR) is 104 cm³/mol. The molecule has 0 aliphatic carbocycles. The SMILES string of the molecule is CCCCCCCCCCCCCCC(C(C)C)[N+]1=CNCC1.[Cl-]. The lowest BCUT2D eigenvalue weighted by atomic mass is 9.96. The van der Waals surface area contributed by atoms with Gasteiger partial charge < -0.3 is 12.4 Å². The molecule has 0 saturated carbocycles. The zero-order chi connectivity index (χ0) is 16.8. The van der Waals surface area contributed by atoms with Gasteiger partial charge in [0.2, 0.25) is 6.34 Å². The van der Waals surface area contributed by atoms with Crippen molar-refractivity contribution >= 4 is 6.34 Å². The summed E-state index contributed by atoms with van der Waals surface area (Å²) in [5.41, 5.74) is 0. The molecule has 0 bridgehead atoms. The zero-order valence-corrected chi connectivity index (χ0v) is 17.4. The van der Waals surface area contributed by atoms with Crippen molar-refractivity contribution in [2.45, 2.75) is 110 Å². The Morgan fingerprint density at radius 3 is 1.75 bits per heavy atom. The van der Waals surface area contributed by atoms with Gasteiger partial charge in [-0.25, -0.2) is 0 Å². The maximum Gasteiger partial charge on any atom is 0.232 e. The third-order valence-electron chi connectivity index (χ3n) is 5.32. The summed E-state index contributed by atoms with van der Waals surface area (Å²) < 4.78 is 2.53. The van der Waals surface area contributed by atoms with Crippen molar-refractivity contribution in [2.24, 2.45) is 5.92 Å². The van der Waals surface area contributed by atoms with Crippen LogP contribution in [0.3, 0.4) is 0 Å². The molecule has 0 amide bonds. The molecular formula is C21H43ClN2. The van der Waals surface area contributed by atoms with Gasteiger partial charge in [-0.2, -0.15) is 0 Å². The number of nitrogens with one attached hydrogen (secondary N) is 1. The molecule has 0 saturated heterocycles. The smallest absolute Gasteiger partial charge is 0.232 e. The fraction of sp³-hybridized carbons (Fsp3) is 0.952. The van der Waals surface area contributed by atoms with E-state index in [4.69, 9.17) is 0 Å². The van der Waals surface area contributed by atoms with E-state index in [-0.39, 0.29) is 12.4 Å². The van der Waals surface area contributed by atoms with Crippen molar-refractivity contribution in [1.82, 2.24) is 5.32 Å². The van der Waals surface area contributed by atoms with Crippen LogP contribution >= 0.6 is 0 Å². The molecule has 0 aromatic carbocycles. The number of rotatable bonds is 15. The van der Waals surface area contributed by atoms with E-state index in [2.05, 4.69) is 37.0 Å². The molecule has 0 radical (unpaired) electrons. The van der Waals surface area contributed by atoms with Gasteiger partial charge in [0.1, 0.15) is 13.1 Å². The first-order valence-corrected chi connectivity index (χ1v) is 10.6. The Morgan fingerprint density at radius 1 is 0.833 bits per heavy atom. The highest BCUT2D eigenvalue weighted by Gasteiger charge is 2.23. The molecule has 1 heterocycles. The molecule has 1 unspecified atom stereocenters. The first-order valence-electron chi connectivity index (χ1n) is 10.6. The van der Waals surface area contributed by atoms with Gasteiger partial charge >= 0.3 is 0 Å². The molecule has 0 aromatic heterocycles. The Hall–Kier alpha value is -0.240. The lowest BCUT2D eigenvalue weighted by Crippen LogP contribution is -3.00. The highest BCUT2D eigenvalue weighted by atomic mass is 35.5. The average molecular weight is 359 g/mol. The number of hydrogen-bond donors (Lipinski definition) is 1. The van der Waals surface area contributed by atoms with Crippen molar-refractivity contribution in [3.8, 4) is 0 Å². The zero-order valence-electron chi connectivity index (χ0n) is 16.7. The van der Waals surface area contributed by atoms with Gasteiger partial charge in [-0.05, 0) is 18.8 Å². The summed E-state index contributed by atoms with van der Waals surface area (Å²) in [6, 6.07) is 0.744. The monoisotopic (exact) mass is 358 g/mol. The van der Waals surface area contributed by atoms with Crippen molar-refractivity contribution in [3.63, 3.8) is 0 Å². The Kier molecular flexibility index (Phi) is 16.1. The second-order valence-electron chi connectivity index (χ2n) is 7.81. The molecule has 1 aliphatic heterocycles. The minimum atomic E-state index is 0. The summed E-state index contributed by atoms with van der Waals surface area (Å²) in [5.74, 6) is 0.763. The molecule has 1 N–H and O–H groups in total. The van der Waals surface area contributed by atoms with E-state index in [1.807, 2.05) is 0 Å². The van der Waals surface area contributed by atoms with E-state index < -0.39 is 0 Å². The normalized spacial score (nSPS) is 15.1. The van der Waals surface area contributed by atoms with Crippen LogP contribution in [0.4, 0.5) is 0 Å². The van der Waals surface area contributed by atoms with Gasteiger partial charge in [-0.15, -0.1) is 0 Å². The molecule has 1 aliphatic rings. The number of hydrogen-bond acceptors (Lipinski definition) is 1. The van der Waals surface area contributed by atoms with E-state index >= 15 is 0 Å². The molecule has 1 rings (SSSR count). The Bertz CT molecular complexity index is 302.